The molecular weight excluding hydrogens is 540 g/mol. The van der Waals surface area contributed by atoms with Crippen LogP contribution in [0, 0.1) is 11.3 Å². The van der Waals surface area contributed by atoms with Crippen molar-refractivity contribution < 1.29 is 29.6 Å². The molecule has 2 saturated heterocycles. The molecular formula is C30H36N6O6. The van der Waals surface area contributed by atoms with Crippen LogP contribution in [0.15, 0.2) is 48.2 Å². The normalized spacial score (nSPS) is 25.1. The van der Waals surface area contributed by atoms with Crippen LogP contribution in [0.25, 0.3) is 16.3 Å². The Morgan fingerprint density at radius 2 is 1.83 bits per heavy atom. The Hall–Kier alpha value is -3.86. The largest absolute Gasteiger partial charge is 0.388 e. The van der Waals surface area contributed by atoms with E-state index in [0.29, 0.717) is 11.3 Å². The lowest BCUT2D eigenvalue weighted by atomic mass is 9.98. The number of nitrogens with zero attached hydrogens (tertiary/aromatic N) is 5. The number of anilines is 1. The van der Waals surface area contributed by atoms with E-state index in [0.717, 1.165) is 29.4 Å². The Labute approximate surface area is 243 Å². The second-order valence-electron chi connectivity index (χ2n) is 10.8. The van der Waals surface area contributed by atoms with Gasteiger partial charge in [0.25, 0.3) is 5.91 Å². The molecule has 0 spiro atoms. The number of benzene rings is 2. The highest BCUT2D eigenvalue weighted by Crippen LogP contribution is 2.28. The van der Waals surface area contributed by atoms with E-state index in [-0.39, 0.29) is 18.7 Å². The van der Waals surface area contributed by atoms with Crippen LogP contribution in [0.4, 0.5) is 5.69 Å². The monoisotopic (exact) mass is 576 g/mol. The van der Waals surface area contributed by atoms with Crippen LogP contribution in [0.2, 0.25) is 0 Å². The van der Waals surface area contributed by atoms with Crippen LogP contribution in [0.5, 0.6) is 0 Å². The van der Waals surface area contributed by atoms with Gasteiger partial charge in [-0.05, 0) is 66.3 Å². The number of allylic oxidation sites excluding steroid dienone is 1. The number of aliphatic hydroxyl groups is 3. The topological polar surface area (TPSA) is 166 Å². The van der Waals surface area contributed by atoms with Crippen molar-refractivity contribution in [1.82, 2.24) is 20.3 Å². The number of carbonyl (C=O) groups is 1. The lowest BCUT2D eigenvalue weighted by molar-refractivity contribution is -0.292. The first kappa shape index (κ1) is 29.6. The minimum Gasteiger partial charge on any atom is -0.388 e. The second-order valence-corrected chi connectivity index (χ2v) is 10.8. The lowest BCUT2D eigenvalue weighted by Crippen LogP contribution is -2.58. The average molecular weight is 577 g/mol. The summed E-state index contributed by atoms with van der Waals surface area (Å²) in [7, 11) is 1.32. The zero-order valence-electron chi connectivity index (χ0n) is 23.7. The third kappa shape index (κ3) is 6.30. The highest BCUT2D eigenvalue weighted by Gasteiger charge is 2.44. The molecule has 1 aromatic heterocycles. The van der Waals surface area contributed by atoms with E-state index in [2.05, 4.69) is 38.7 Å². The number of amides is 1. The molecule has 5 rings (SSSR count). The number of methoxy groups -OCH3 is 1. The van der Waals surface area contributed by atoms with Crippen LogP contribution >= 0.6 is 0 Å². The molecule has 5 atom stereocenters. The summed E-state index contributed by atoms with van der Waals surface area (Å²) in [4.78, 5) is 15.4. The van der Waals surface area contributed by atoms with Crippen molar-refractivity contribution in [1.29, 1.82) is 5.26 Å². The molecule has 0 unspecified atom stereocenters. The third-order valence-corrected chi connectivity index (χ3v) is 7.98. The Morgan fingerprint density at radius 3 is 2.57 bits per heavy atom. The van der Waals surface area contributed by atoms with Gasteiger partial charge in [0.2, 0.25) is 0 Å². The molecule has 0 saturated carbocycles. The number of nitrogens with one attached hydrogen (secondary N) is 1. The molecule has 3 aromatic rings. The molecule has 2 aliphatic heterocycles. The number of ether oxygens (including phenoxy) is 2. The van der Waals surface area contributed by atoms with Crippen molar-refractivity contribution in [3.8, 4) is 6.07 Å². The summed E-state index contributed by atoms with van der Waals surface area (Å²) in [6.07, 6.45) is -0.954. The van der Waals surface area contributed by atoms with E-state index >= 15 is 0 Å². The quantitative estimate of drug-likeness (QED) is 0.228. The molecule has 222 valence electrons. The molecule has 2 aromatic carbocycles. The Morgan fingerprint density at radius 1 is 1.10 bits per heavy atom. The molecule has 2 aliphatic rings. The fourth-order valence-electron chi connectivity index (χ4n) is 5.48. The van der Waals surface area contributed by atoms with Gasteiger partial charge in [0, 0.05) is 25.9 Å². The van der Waals surface area contributed by atoms with Gasteiger partial charge < -0.3 is 35.0 Å². The highest BCUT2D eigenvalue weighted by atomic mass is 16.7. The number of aromatic nitrogens is 3. The van der Waals surface area contributed by atoms with Gasteiger partial charge in [-0.2, -0.15) is 5.26 Å². The molecule has 4 N–H and O–H groups in total. The summed E-state index contributed by atoms with van der Waals surface area (Å²) in [6.45, 7) is 3.95. The first-order valence-electron chi connectivity index (χ1n) is 14.1. The summed E-state index contributed by atoms with van der Waals surface area (Å²) in [5.74, 6) is -0.531. The fraction of sp³-hybridized carbons (Fsp3) is 0.467. The summed E-state index contributed by atoms with van der Waals surface area (Å²) >= 11 is 0. The maximum absolute atomic E-state index is 13.0. The van der Waals surface area contributed by atoms with Crippen LogP contribution in [0.1, 0.15) is 37.4 Å². The van der Waals surface area contributed by atoms with E-state index in [1.54, 1.807) is 13.1 Å². The molecule has 0 bridgehead atoms. The molecule has 42 heavy (non-hydrogen) atoms. The number of hydrogen-bond acceptors (Lipinski definition) is 10. The van der Waals surface area contributed by atoms with Gasteiger partial charge >= 0.3 is 0 Å². The van der Waals surface area contributed by atoms with Crippen molar-refractivity contribution >= 4 is 27.9 Å². The Kier molecular flexibility index (Phi) is 9.15. The van der Waals surface area contributed by atoms with E-state index in [1.165, 1.54) is 36.7 Å². The predicted octanol–water partition coefficient (Wildman–Crippen LogP) is 1.49. The number of carbonyl (C=O) groups excluding carboxylic acids is 1. The molecule has 12 nitrogen and oxygen atoms in total. The minimum atomic E-state index is -1.45. The van der Waals surface area contributed by atoms with E-state index < -0.39 is 36.6 Å². The second kappa shape index (κ2) is 13.0. The summed E-state index contributed by atoms with van der Waals surface area (Å²) in [5, 5.41) is 53.0. The van der Waals surface area contributed by atoms with Gasteiger partial charge in [-0.15, -0.1) is 5.10 Å². The van der Waals surface area contributed by atoms with Crippen LogP contribution in [-0.4, -0.2) is 87.1 Å². The van der Waals surface area contributed by atoms with Crippen LogP contribution in [-0.2, 0) is 27.4 Å². The molecule has 2 fully saturated rings. The number of aliphatic hydroxyl groups excluding tert-OH is 3. The standard InChI is InChI=1S/C30H36N6O6/c1-18(19-6-7-21-13-23(9-8-20(21)12-19)35-10-4-3-5-11-35)24(14-31)29(40)32-15-22-16-36(34-33-22)17-25-26(37)27(38)28(39)30(41-2)42-25/h6-9,12-13,16,25-28,30,37-39H,3-5,10-11,15,17H2,1-2H3,(H,32,40)/b24-18-/t25-,26-,27+,28-,30+/m1/s1. The molecule has 3 heterocycles. The average Bonchev–Trinajstić information content (AvgIpc) is 3.47. The maximum Gasteiger partial charge on any atom is 0.262 e. The Bertz CT molecular complexity index is 1490. The van der Waals surface area contributed by atoms with Gasteiger partial charge in [0.15, 0.2) is 6.29 Å². The van der Waals surface area contributed by atoms with Crippen LogP contribution in [0.3, 0.4) is 0 Å². The number of hydrogen-bond donors (Lipinski definition) is 4. The SMILES string of the molecule is CO[C@H]1O[C@H](Cn2cc(CNC(=O)/C(C#N)=C(/C)c3ccc4cc(N5CCCCC5)ccc4c3)nn2)[C@@H](O)[C@H](O)[C@H]1O. The van der Waals surface area contributed by atoms with Gasteiger partial charge in [-0.3, -0.25) is 4.79 Å². The maximum atomic E-state index is 13.0. The summed E-state index contributed by atoms with van der Waals surface area (Å²) < 4.78 is 11.9. The molecule has 0 radical (unpaired) electrons. The predicted molar refractivity (Wildman–Crippen MR) is 154 cm³/mol. The fourth-order valence-corrected chi connectivity index (χ4v) is 5.48. The number of fused-ring (bicyclic) bond motifs is 1. The number of piperidine rings is 1. The minimum absolute atomic E-state index is 0.00330. The first-order chi connectivity index (χ1) is 20.3. The highest BCUT2D eigenvalue weighted by molar-refractivity contribution is 6.05. The number of nitriles is 1. The van der Waals surface area contributed by atoms with Gasteiger partial charge in [-0.25, -0.2) is 4.68 Å². The van der Waals surface area contributed by atoms with Gasteiger partial charge in [0.05, 0.1) is 19.3 Å². The first-order valence-corrected chi connectivity index (χ1v) is 14.1. The summed E-state index contributed by atoms with van der Waals surface area (Å²) in [6, 6.07) is 14.4. The van der Waals surface area contributed by atoms with E-state index in [1.807, 2.05) is 24.3 Å². The van der Waals surface area contributed by atoms with Crippen molar-refractivity contribution in [2.45, 2.75) is 70.0 Å². The Balaban J connectivity index is 1.23. The zero-order valence-corrected chi connectivity index (χ0v) is 23.7. The van der Waals surface area contributed by atoms with Crippen molar-refractivity contribution in [3.63, 3.8) is 0 Å². The van der Waals surface area contributed by atoms with Crippen molar-refractivity contribution in [2.24, 2.45) is 0 Å². The molecule has 12 heteroatoms. The van der Waals surface area contributed by atoms with Gasteiger partial charge in [0.1, 0.15) is 41.8 Å². The zero-order chi connectivity index (χ0) is 29.8. The number of rotatable bonds is 8. The van der Waals surface area contributed by atoms with E-state index in [4.69, 9.17) is 9.47 Å². The summed E-state index contributed by atoms with van der Waals surface area (Å²) in [5.41, 5.74) is 3.00. The molecule has 1 amide bonds. The van der Waals surface area contributed by atoms with Crippen molar-refractivity contribution in [2.75, 3.05) is 25.1 Å². The van der Waals surface area contributed by atoms with E-state index in [9.17, 15) is 25.4 Å². The van der Waals surface area contributed by atoms with Crippen LogP contribution < -0.4 is 10.2 Å². The smallest absolute Gasteiger partial charge is 0.262 e. The van der Waals surface area contributed by atoms with Crippen molar-refractivity contribution in [3.05, 3.63) is 59.4 Å². The van der Waals surface area contributed by atoms with Gasteiger partial charge in [-0.1, -0.05) is 23.4 Å². The lowest BCUT2D eigenvalue weighted by Gasteiger charge is -2.39. The molecule has 0 aliphatic carbocycles. The third-order valence-electron chi connectivity index (χ3n) is 7.98.